The Morgan fingerprint density at radius 3 is 2.47 bits per heavy atom. The van der Waals surface area contributed by atoms with Gasteiger partial charge in [-0.25, -0.2) is 18.2 Å². The second-order valence-corrected chi connectivity index (χ2v) is 13.4. The third kappa shape index (κ3) is 8.59. The second kappa shape index (κ2) is 14.1. The molecule has 0 bridgehead atoms. The molecule has 0 radical (unpaired) electrons. The predicted octanol–water partition coefficient (Wildman–Crippen LogP) is 7.54. The van der Waals surface area contributed by atoms with E-state index in [4.69, 9.17) is 25.9 Å². The van der Waals surface area contributed by atoms with Crippen LogP contribution in [0.5, 0.6) is 5.75 Å². The molecular weight excluding hydrogens is 684 g/mol. The summed E-state index contributed by atoms with van der Waals surface area (Å²) in [4.78, 5) is 28.9. The highest BCUT2D eigenvalue weighted by Crippen LogP contribution is 2.28. The zero-order valence-electron chi connectivity index (χ0n) is 23.6. The number of carboxylic acid groups (broad SMARTS) is 1. The number of anilines is 1. The first-order valence-electron chi connectivity index (χ1n) is 13.7. The van der Waals surface area contributed by atoms with E-state index in [9.17, 15) is 18.0 Å². The minimum Gasteiger partial charge on any atom is -0.480 e. The van der Waals surface area contributed by atoms with Crippen LogP contribution in [0.2, 0.25) is 5.02 Å². The van der Waals surface area contributed by atoms with Gasteiger partial charge in [-0.05, 0) is 96.8 Å². The fourth-order valence-electron chi connectivity index (χ4n) is 4.42. The van der Waals surface area contributed by atoms with E-state index in [2.05, 4.69) is 26.2 Å². The number of carboxylic acids is 1. The summed E-state index contributed by atoms with van der Waals surface area (Å²) in [5.41, 5.74) is 3.59. The lowest BCUT2D eigenvalue weighted by Gasteiger charge is -2.14. The van der Waals surface area contributed by atoms with Gasteiger partial charge in [0.1, 0.15) is 11.3 Å². The van der Waals surface area contributed by atoms with Crippen LogP contribution in [0.15, 0.2) is 98.7 Å². The van der Waals surface area contributed by atoms with Crippen LogP contribution in [0.3, 0.4) is 0 Å². The van der Waals surface area contributed by atoms with Crippen LogP contribution >= 0.6 is 27.5 Å². The number of ether oxygens (including phenoxy) is 1. The molecule has 5 aromatic rings. The lowest BCUT2D eigenvalue weighted by Crippen LogP contribution is -2.15. The molecule has 1 amide bonds. The predicted molar refractivity (Wildman–Crippen MR) is 176 cm³/mol. The van der Waals surface area contributed by atoms with Crippen molar-refractivity contribution < 1.29 is 32.3 Å². The smallest absolute Gasteiger partial charge is 0.341 e. The normalized spacial score (nSPS) is 11.6. The number of hydrogen-bond acceptors (Lipinski definition) is 7. The second-order valence-electron chi connectivity index (χ2n) is 9.96. The first kappa shape index (κ1) is 32.0. The molecule has 0 unspecified atom stereocenters. The number of rotatable bonds is 12. The van der Waals surface area contributed by atoms with E-state index in [0.717, 1.165) is 21.1 Å². The van der Waals surface area contributed by atoms with Gasteiger partial charge < -0.3 is 19.6 Å². The third-order valence-electron chi connectivity index (χ3n) is 6.65. The summed E-state index contributed by atoms with van der Waals surface area (Å²) in [5.74, 6) is -1.07. The molecule has 5 rings (SSSR count). The fourth-order valence-corrected chi connectivity index (χ4v) is 6.20. The fraction of sp³-hybridized carbons (Fsp3) is 0.121. The van der Waals surface area contributed by atoms with Crippen LogP contribution in [0.4, 0.5) is 5.69 Å². The molecule has 0 saturated heterocycles. The van der Waals surface area contributed by atoms with Crippen molar-refractivity contribution in [2.45, 2.75) is 17.7 Å². The van der Waals surface area contributed by atoms with Crippen molar-refractivity contribution in [3.63, 3.8) is 0 Å². The molecule has 9 nitrogen and oxygen atoms in total. The molecule has 0 atom stereocenters. The number of nitrogens with zero attached hydrogens (tertiary/aromatic N) is 1. The Morgan fingerprint density at radius 2 is 1.73 bits per heavy atom. The molecule has 1 heterocycles. The largest absolute Gasteiger partial charge is 0.480 e. The van der Waals surface area contributed by atoms with Crippen molar-refractivity contribution in [1.29, 1.82) is 0 Å². The molecule has 2 N–H and O–H groups in total. The van der Waals surface area contributed by atoms with Crippen molar-refractivity contribution in [2.24, 2.45) is 0 Å². The van der Waals surface area contributed by atoms with E-state index in [1.165, 1.54) is 24.3 Å². The number of aromatic nitrogens is 1. The number of carbonyl (C=O) groups excluding carboxylic acids is 1. The topological polar surface area (TPSA) is 136 Å². The van der Waals surface area contributed by atoms with Crippen LogP contribution in [0.25, 0.3) is 23.3 Å². The number of carbonyl (C=O) groups is 2. The molecule has 12 heteroatoms. The molecule has 4 aromatic carbocycles. The van der Waals surface area contributed by atoms with Crippen LogP contribution in [0.1, 0.15) is 33.8 Å². The third-order valence-corrected chi connectivity index (χ3v) is 9.21. The summed E-state index contributed by atoms with van der Waals surface area (Å²) in [6.07, 6.45) is 4.27. The maximum Gasteiger partial charge on any atom is 0.341 e. The molecule has 1 aromatic heterocycles. The van der Waals surface area contributed by atoms with Crippen molar-refractivity contribution in [3.8, 4) is 5.75 Å². The summed E-state index contributed by atoms with van der Waals surface area (Å²) in [6, 6.07) is 23.3. The summed E-state index contributed by atoms with van der Waals surface area (Å²) in [5, 5.41) is 12.3. The van der Waals surface area contributed by atoms with Crippen molar-refractivity contribution in [3.05, 3.63) is 117 Å². The van der Waals surface area contributed by atoms with Gasteiger partial charge in [0.25, 0.3) is 5.91 Å². The van der Waals surface area contributed by atoms with E-state index >= 15 is 0 Å². The number of halogens is 2. The van der Waals surface area contributed by atoms with Gasteiger partial charge >= 0.3 is 5.97 Å². The summed E-state index contributed by atoms with van der Waals surface area (Å²) >= 11 is 9.28. The van der Waals surface area contributed by atoms with E-state index in [0.29, 0.717) is 34.9 Å². The Kier molecular flexibility index (Phi) is 10.0. The van der Waals surface area contributed by atoms with Crippen LogP contribution in [-0.2, 0) is 21.1 Å². The van der Waals surface area contributed by atoms with Crippen molar-refractivity contribution >= 4 is 78.2 Å². The highest BCUT2D eigenvalue weighted by atomic mass is 79.9. The van der Waals surface area contributed by atoms with E-state index in [1.54, 1.807) is 48.5 Å². The summed E-state index contributed by atoms with van der Waals surface area (Å²) < 4.78 is 37.4. The van der Waals surface area contributed by atoms with Gasteiger partial charge in [-0.3, -0.25) is 4.79 Å². The van der Waals surface area contributed by atoms with Crippen molar-refractivity contribution in [2.75, 3.05) is 17.7 Å². The Morgan fingerprint density at radius 1 is 0.978 bits per heavy atom. The quantitative estimate of drug-likeness (QED) is 0.136. The summed E-state index contributed by atoms with van der Waals surface area (Å²) in [6.45, 7) is -0.597. The van der Waals surface area contributed by atoms with Crippen LogP contribution in [0, 0.1) is 0 Å². The number of sulfone groups is 1. The first-order valence-corrected chi connectivity index (χ1v) is 16.5. The maximum atomic E-state index is 13.1. The van der Waals surface area contributed by atoms with Crippen molar-refractivity contribution in [1.82, 2.24) is 4.98 Å². The zero-order chi connectivity index (χ0) is 32.0. The number of hydrogen-bond donors (Lipinski definition) is 2. The van der Waals surface area contributed by atoms with E-state index in [-0.39, 0.29) is 22.1 Å². The molecular formula is C33H26BrClN2O7S. The Balaban J connectivity index is 1.25. The number of amides is 1. The molecule has 0 spiro atoms. The number of nitrogens with one attached hydrogen (secondary N) is 1. The Hall–Kier alpha value is -4.45. The van der Waals surface area contributed by atoms with Crippen LogP contribution < -0.4 is 10.1 Å². The zero-order valence-corrected chi connectivity index (χ0v) is 26.7. The maximum absolute atomic E-state index is 13.1. The molecule has 0 fully saturated rings. The van der Waals surface area contributed by atoms with E-state index < -0.39 is 28.3 Å². The number of aryl methyl sites for hydroxylation is 1. The molecule has 0 saturated carbocycles. The lowest BCUT2D eigenvalue weighted by molar-refractivity contribution is -0.139. The average Bonchev–Trinajstić information content (AvgIpc) is 3.42. The lowest BCUT2D eigenvalue weighted by atomic mass is 10.1. The molecule has 0 aliphatic heterocycles. The highest BCUT2D eigenvalue weighted by molar-refractivity contribution is 9.10. The standard InChI is InChI=1S/C33H26BrClN2O7S/c34-24-9-15-30-28(19-24)36-31(44-30)16-6-21-3-7-23(8-4-21)33(40)37-27-18-22(5-14-29(27)43-20-32(38)39)2-1-17-45(41,42)26-12-10-25(35)11-13-26/h3-16,18-19H,1-2,17,20H2,(H,37,40)(H,38,39). The van der Waals surface area contributed by atoms with Gasteiger partial charge in [-0.2, -0.15) is 0 Å². The van der Waals surface area contributed by atoms with Gasteiger partial charge in [0.15, 0.2) is 22.0 Å². The Bertz CT molecular complexity index is 1990. The van der Waals surface area contributed by atoms with E-state index in [1.807, 2.05) is 24.3 Å². The van der Waals surface area contributed by atoms with Gasteiger partial charge in [-0.1, -0.05) is 45.7 Å². The minimum absolute atomic E-state index is 0.0847. The Labute approximate surface area is 272 Å². The highest BCUT2D eigenvalue weighted by Gasteiger charge is 2.16. The molecule has 230 valence electrons. The number of aliphatic carboxylic acids is 1. The van der Waals surface area contributed by atoms with Gasteiger partial charge in [-0.15, -0.1) is 0 Å². The molecule has 0 aliphatic carbocycles. The average molecular weight is 710 g/mol. The minimum atomic E-state index is -3.50. The molecule has 45 heavy (non-hydrogen) atoms. The number of fused-ring (bicyclic) bond motifs is 1. The monoisotopic (exact) mass is 708 g/mol. The van der Waals surface area contributed by atoms with Gasteiger partial charge in [0.2, 0.25) is 5.89 Å². The van der Waals surface area contributed by atoms with Crippen LogP contribution in [-0.4, -0.2) is 42.7 Å². The van der Waals surface area contributed by atoms with Gasteiger partial charge in [0.05, 0.1) is 16.3 Å². The van der Waals surface area contributed by atoms with Gasteiger partial charge in [0, 0.05) is 21.1 Å². The summed E-state index contributed by atoms with van der Waals surface area (Å²) in [7, 11) is -3.50. The molecule has 0 aliphatic rings. The number of benzene rings is 4. The SMILES string of the molecule is O=C(O)COc1ccc(CCCS(=O)(=O)c2ccc(Cl)cc2)cc1NC(=O)c1ccc(C=Cc2nc3cc(Br)ccc3o2)cc1. The first-order chi connectivity index (χ1) is 21.6. The number of oxazole rings is 1.